The summed E-state index contributed by atoms with van der Waals surface area (Å²) in [6.45, 7) is 0. The molecule has 0 aromatic heterocycles. The number of nitriles is 4. The van der Waals surface area contributed by atoms with Gasteiger partial charge in [-0.25, -0.2) is 9.59 Å². The maximum absolute atomic E-state index is 13.0. The number of allylic oxidation sites excluding steroid dienone is 2. The average Bonchev–Trinajstić information content (AvgIpc) is 3.16. The van der Waals surface area contributed by atoms with Gasteiger partial charge in [0.15, 0.2) is 0 Å². The quantitative estimate of drug-likeness (QED) is 0.674. The summed E-state index contributed by atoms with van der Waals surface area (Å²) in [7, 11) is 2.13. The Morgan fingerprint density at radius 3 is 1.41 bits per heavy atom. The molecule has 2 aromatic rings. The summed E-state index contributed by atoms with van der Waals surface area (Å²) in [5.74, 6) is -2.10. The molecule has 4 rings (SSSR count). The maximum atomic E-state index is 13.0. The predicted molar refractivity (Wildman–Crippen MR) is 109 cm³/mol. The van der Waals surface area contributed by atoms with Crippen molar-refractivity contribution in [2.75, 3.05) is 14.2 Å². The molecule has 0 aliphatic heterocycles. The lowest BCUT2D eigenvalue weighted by molar-refractivity contribution is -0.139. The van der Waals surface area contributed by atoms with Gasteiger partial charge in [0, 0.05) is 11.1 Å². The Bertz CT molecular complexity index is 1350. The smallest absolute Gasteiger partial charge is 0.337 e. The number of fused-ring (bicyclic) bond motifs is 3. The van der Waals surface area contributed by atoms with Crippen LogP contribution in [0.15, 0.2) is 47.5 Å². The summed E-state index contributed by atoms with van der Waals surface area (Å²) in [6, 6.07) is 17.2. The number of nitrogens with zero attached hydrogens (tertiary/aromatic N) is 4. The maximum Gasteiger partial charge on any atom is 0.337 e. The summed E-state index contributed by atoms with van der Waals surface area (Å²) in [6.07, 6.45) is 0. The first-order chi connectivity index (χ1) is 15.4. The molecule has 0 atom stereocenters. The molecule has 0 amide bonds. The lowest BCUT2D eigenvalue weighted by atomic mass is 9.53. The van der Waals surface area contributed by atoms with Crippen molar-refractivity contribution in [1.29, 1.82) is 21.0 Å². The highest BCUT2D eigenvalue weighted by molar-refractivity contribution is 6.31. The van der Waals surface area contributed by atoms with Crippen LogP contribution in [0.2, 0.25) is 0 Å². The van der Waals surface area contributed by atoms with Crippen molar-refractivity contribution in [2.45, 2.75) is 0 Å². The minimum absolute atomic E-state index is 0.105. The number of benzene rings is 2. The fourth-order valence-corrected chi connectivity index (χ4v) is 4.62. The van der Waals surface area contributed by atoms with Crippen LogP contribution in [-0.2, 0) is 19.1 Å². The third-order valence-electron chi connectivity index (χ3n) is 5.96. The molecule has 8 heteroatoms. The van der Waals surface area contributed by atoms with Gasteiger partial charge < -0.3 is 9.47 Å². The van der Waals surface area contributed by atoms with Gasteiger partial charge in [0.05, 0.1) is 49.6 Å². The van der Waals surface area contributed by atoms with E-state index >= 15 is 0 Å². The molecule has 2 aliphatic rings. The second-order valence-corrected chi connectivity index (χ2v) is 7.14. The van der Waals surface area contributed by atoms with Gasteiger partial charge >= 0.3 is 11.9 Å². The van der Waals surface area contributed by atoms with E-state index in [0.29, 0.717) is 16.5 Å². The Balaban J connectivity index is 2.42. The van der Waals surface area contributed by atoms with Crippen LogP contribution in [0.3, 0.4) is 0 Å². The standard InChI is InChI=1S/C24H12N4O4/c1-31-21(29)19-17-14-7-3-5-13-6-4-8-15(16(13)14)18(17)20(22(30)32-2)24(11-27,12-28)23(19,9-25)10-26/h3-8H,1-2H3. The fraction of sp³-hybridized carbons (Fsp3) is 0.167. The molecule has 0 bridgehead atoms. The zero-order valence-corrected chi connectivity index (χ0v) is 16.9. The van der Waals surface area contributed by atoms with Gasteiger partial charge in [-0.2, -0.15) is 21.0 Å². The van der Waals surface area contributed by atoms with Crippen molar-refractivity contribution >= 4 is 33.9 Å². The van der Waals surface area contributed by atoms with Gasteiger partial charge in [-0.1, -0.05) is 36.4 Å². The molecule has 0 unspecified atom stereocenters. The number of carbonyl (C=O) groups is 2. The monoisotopic (exact) mass is 420 g/mol. The van der Waals surface area contributed by atoms with Crippen molar-refractivity contribution in [1.82, 2.24) is 0 Å². The van der Waals surface area contributed by atoms with Crippen molar-refractivity contribution in [3.05, 3.63) is 58.7 Å². The van der Waals surface area contributed by atoms with Crippen molar-refractivity contribution in [2.24, 2.45) is 10.8 Å². The molecule has 2 aliphatic carbocycles. The van der Waals surface area contributed by atoms with E-state index in [0.717, 1.165) is 19.6 Å². The lowest BCUT2D eigenvalue weighted by Gasteiger charge is -2.38. The molecule has 8 nitrogen and oxygen atoms in total. The van der Waals surface area contributed by atoms with Crippen LogP contribution >= 0.6 is 0 Å². The molecule has 0 N–H and O–H groups in total. The first-order valence-electron chi connectivity index (χ1n) is 9.27. The van der Waals surface area contributed by atoms with Crippen LogP contribution in [0.5, 0.6) is 0 Å². The van der Waals surface area contributed by atoms with Gasteiger partial charge in [-0.15, -0.1) is 0 Å². The van der Waals surface area contributed by atoms with Crippen molar-refractivity contribution < 1.29 is 19.1 Å². The minimum Gasteiger partial charge on any atom is -0.466 e. The molecule has 0 spiro atoms. The highest BCUT2D eigenvalue weighted by Gasteiger charge is 2.68. The number of esters is 2. The molecule has 0 saturated carbocycles. The Labute approximate surface area is 182 Å². The summed E-state index contributed by atoms with van der Waals surface area (Å²) in [5, 5.41) is 42.1. The third kappa shape index (κ3) is 2.06. The van der Waals surface area contributed by atoms with Gasteiger partial charge in [-0.3, -0.25) is 0 Å². The van der Waals surface area contributed by atoms with E-state index in [2.05, 4.69) is 0 Å². The zero-order valence-electron chi connectivity index (χ0n) is 16.9. The van der Waals surface area contributed by atoms with E-state index in [1.807, 2.05) is 12.1 Å². The molecular formula is C24H12N4O4. The first kappa shape index (κ1) is 20.4. The second-order valence-electron chi connectivity index (χ2n) is 7.14. The van der Waals surface area contributed by atoms with Crippen LogP contribution < -0.4 is 0 Å². The third-order valence-corrected chi connectivity index (χ3v) is 5.96. The van der Waals surface area contributed by atoms with Gasteiger partial charge in [0.25, 0.3) is 0 Å². The van der Waals surface area contributed by atoms with Crippen molar-refractivity contribution in [3.63, 3.8) is 0 Å². The van der Waals surface area contributed by atoms with E-state index in [-0.39, 0.29) is 11.1 Å². The first-order valence-corrected chi connectivity index (χ1v) is 9.27. The predicted octanol–water partition coefficient (Wildman–Crippen LogP) is 2.79. The molecule has 32 heavy (non-hydrogen) atoms. The highest BCUT2D eigenvalue weighted by Crippen LogP contribution is 2.63. The largest absolute Gasteiger partial charge is 0.466 e. The SMILES string of the molecule is COC(=O)C1=C2C(=C(C(=O)OC)C(C#N)(C#N)C1(C#N)C#N)c1cccc3cccc2c13. The van der Waals surface area contributed by atoms with Gasteiger partial charge in [-0.05, 0) is 21.9 Å². The van der Waals surface area contributed by atoms with Crippen LogP contribution in [0.1, 0.15) is 11.1 Å². The number of ether oxygens (including phenoxy) is 2. The van der Waals surface area contributed by atoms with Crippen LogP contribution in [0.25, 0.3) is 21.9 Å². The lowest BCUT2D eigenvalue weighted by Crippen LogP contribution is -2.48. The van der Waals surface area contributed by atoms with Crippen LogP contribution in [0, 0.1) is 56.2 Å². The highest BCUT2D eigenvalue weighted by atomic mass is 16.5. The summed E-state index contributed by atoms with van der Waals surface area (Å²) in [4.78, 5) is 26.1. The number of carbonyl (C=O) groups excluding carboxylic acids is 2. The van der Waals surface area contributed by atoms with E-state index in [9.17, 15) is 30.6 Å². The molecule has 2 aromatic carbocycles. The molecular weight excluding hydrogens is 408 g/mol. The van der Waals surface area contributed by atoms with E-state index < -0.39 is 33.9 Å². The summed E-state index contributed by atoms with van der Waals surface area (Å²) in [5.41, 5.74) is -5.06. The fourth-order valence-electron chi connectivity index (χ4n) is 4.62. The number of hydrogen-bond acceptors (Lipinski definition) is 8. The van der Waals surface area contributed by atoms with E-state index in [1.165, 1.54) is 0 Å². The second kappa shape index (κ2) is 6.81. The molecule has 152 valence electrons. The van der Waals surface area contributed by atoms with Crippen molar-refractivity contribution in [3.8, 4) is 24.3 Å². The molecule has 0 fully saturated rings. The average molecular weight is 420 g/mol. The Morgan fingerprint density at radius 2 is 1.09 bits per heavy atom. The van der Waals surface area contributed by atoms with E-state index in [4.69, 9.17) is 9.47 Å². The zero-order chi connectivity index (χ0) is 23.3. The Morgan fingerprint density at radius 1 is 0.719 bits per heavy atom. The number of hydrogen-bond donors (Lipinski definition) is 0. The number of rotatable bonds is 2. The number of methoxy groups -OCH3 is 2. The summed E-state index contributed by atoms with van der Waals surface area (Å²) < 4.78 is 9.80. The Hall–Kier alpha value is -4.92. The normalized spacial score (nSPS) is 16.8. The summed E-state index contributed by atoms with van der Waals surface area (Å²) >= 11 is 0. The van der Waals surface area contributed by atoms with Crippen LogP contribution in [0.4, 0.5) is 0 Å². The van der Waals surface area contributed by atoms with Crippen LogP contribution in [-0.4, -0.2) is 26.2 Å². The van der Waals surface area contributed by atoms with E-state index in [1.54, 1.807) is 48.5 Å². The molecule has 0 radical (unpaired) electrons. The topological polar surface area (TPSA) is 148 Å². The Kier molecular flexibility index (Phi) is 4.33. The van der Waals surface area contributed by atoms with Gasteiger partial charge in [0.2, 0.25) is 10.8 Å². The van der Waals surface area contributed by atoms with Gasteiger partial charge in [0.1, 0.15) is 0 Å². The molecule has 0 heterocycles. The minimum atomic E-state index is -2.66. The molecule has 0 saturated heterocycles.